The Morgan fingerprint density at radius 2 is 2.00 bits per heavy atom. The highest BCUT2D eigenvalue weighted by atomic mass is 32.1. The fourth-order valence-electron chi connectivity index (χ4n) is 1.52. The zero-order chi connectivity index (χ0) is 18.7. The predicted octanol–water partition coefficient (Wildman–Crippen LogP) is -1.33. The van der Waals surface area contributed by atoms with Crippen LogP contribution in [0.15, 0.2) is 5.29 Å². The molecule has 0 aromatic rings. The van der Waals surface area contributed by atoms with Gasteiger partial charge in [0.15, 0.2) is 0 Å². The smallest absolute Gasteiger partial charge is 0.328 e. The zero-order valence-electron chi connectivity index (χ0n) is 13.0. The summed E-state index contributed by atoms with van der Waals surface area (Å²) in [5.41, 5.74) is 5.26. The number of hydrogen-bond donors (Lipinski definition) is 4. The van der Waals surface area contributed by atoms with Crippen LogP contribution in [-0.2, 0) is 23.9 Å². The van der Waals surface area contributed by atoms with Crippen LogP contribution in [-0.4, -0.2) is 64.9 Å². The van der Waals surface area contributed by atoms with Gasteiger partial charge in [-0.15, -0.1) is 4.91 Å². The summed E-state index contributed by atoms with van der Waals surface area (Å²) in [6, 6.07) is -2.42. The van der Waals surface area contributed by atoms with E-state index in [-0.39, 0.29) is 25.2 Å². The number of carboxylic acid groups (broad SMARTS) is 1. The lowest BCUT2D eigenvalue weighted by molar-refractivity contribution is -0.149. The highest BCUT2D eigenvalue weighted by Gasteiger charge is 2.28. The molecule has 0 spiro atoms. The minimum absolute atomic E-state index is 0.0658. The van der Waals surface area contributed by atoms with Crippen molar-refractivity contribution in [3.8, 4) is 0 Å². The number of carboxylic acids is 1. The summed E-state index contributed by atoms with van der Waals surface area (Å²) < 4.78 is 4.60. The third-order valence-corrected chi connectivity index (χ3v) is 3.12. The van der Waals surface area contributed by atoms with Crippen LogP contribution in [0.25, 0.3) is 0 Å². The normalized spacial score (nSPS) is 12.6. The molecule has 2 atom stereocenters. The number of ether oxygens (including phenoxy) is 1. The maximum Gasteiger partial charge on any atom is 0.328 e. The minimum Gasteiger partial charge on any atom is -0.480 e. The topological polar surface area (TPSA) is 168 Å². The van der Waals surface area contributed by atoms with Gasteiger partial charge in [0, 0.05) is 12.2 Å². The molecule has 0 aliphatic carbocycles. The molecule has 0 bridgehead atoms. The Bertz CT molecular complexity index is 488. The van der Waals surface area contributed by atoms with Crippen LogP contribution >= 0.6 is 12.6 Å². The number of thiol groups is 1. The third-order valence-electron chi connectivity index (χ3n) is 2.75. The van der Waals surface area contributed by atoms with Crippen LogP contribution in [0.1, 0.15) is 19.8 Å². The second kappa shape index (κ2) is 11.3. The first-order valence-corrected chi connectivity index (χ1v) is 7.58. The molecule has 4 N–H and O–H groups in total. The zero-order valence-corrected chi connectivity index (χ0v) is 13.9. The van der Waals surface area contributed by atoms with Crippen LogP contribution in [0, 0.1) is 4.91 Å². The maximum atomic E-state index is 12.1. The summed E-state index contributed by atoms with van der Waals surface area (Å²) in [5.74, 6) is -3.84. The van der Waals surface area contributed by atoms with Crippen molar-refractivity contribution in [2.75, 3.05) is 18.9 Å². The van der Waals surface area contributed by atoms with E-state index in [2.05, 4.69) is 28.0 Å². The molecular weight excluding hydrogens is 344 g/mol. The second-order valence-electron chi connectivity index (χ2n) is 4.57. The van der Waals surface area contributed by atoms with Gasteiger partial charge in [-0.05, 0) is 13.3 Å². The SMILES string of the molecule is CCOC(=O)CN(N=O)C(=O)C(CS)NC(=O)CCC(N)C(=O)O. The number of nitrogens with zero attached hydrogens (tertiary/aromatic N) is 2. The Kier molecular flexibility index (Phi) is 10.3. The Balaban J connectivity index is 4.65. The molecule has 12 heteroatoms. The number of hydrogen-bond acceptors (Lipinski definition) is 9. The molecule has 0 heterocycles. The fourth-order valence-corrected chi connectivity index (χ4v) is 1.77. The van der Waals surface area contributed by atoms with Gasteiger partial charge in [0.1, 0.15) is 18.6 Å². The van der Waals surface area contributed by atoms with Crippen LogP contribution in [0.3, 0.4) is 0 Å². The number of carbonyl (C=O) groups is 4. The molecule has 24 heavy (non-hydrogen) atoms. The summed E-state index contributed by atoms with van der Waals surface area (Å²) in [7, 11) is 0. The lowest BCUT2D eigenvalue weighted by atomic mass is 10.1. The molecule has 2 amide bonds. The van der Waals surface area contributed by atoms with Crippen LogP contribution in [0.4, 0.5) is 0 Å². The number of aliphatic carboxylic acids is 1. The number of nitrogens with one attached hydrogen (secondary N) is 1. The molecule has 136 valence electrons. The number of amides is 2. The number of nitroso groups, excluding NO2 is 1. The highest BCUT2D eigenvalue weighted by Crippen LogP contribution is 2.02. The van der Waals surface area contributed by atoms with Crippen molar-refractivity contribution in [3.63, 3.8) is 0 Å². The molecule has 0 saturated heterocycles. The van der Waals surface area contributed by atoms with Gasteiger partial charge in [-0.25, -0.2) is 0 Å². The molecule has 11 nitrogen and oxygen atoms in total. The van der Waals surface area contributed by atoms with E-state index < -0.39 is 42.4 Å². The van der Waals surface area contributed by atoms with Crippen LogP contribution < -0.4 is 11.1 Å². The molecule has 0 aliphatic heterocycles. The van der Waals surface area contributed by atoms with Crippen molar-refractivity contribution in [1.82, 2.24) is 10.3 Å². The second-order valence-corrected chi connectivity index (χ2v) is 4.93. The van der Waals surface area contributed by atoms with Gasteiger partial charge in [0.25, 0.3) is 5.91 Å². The summed E-state index contributed by atoms with van der Waals surface area (Å²) in [6.45, 7) is 0.924. The average Bonchev–Trinajstić information content (AvgIpc) is 2.54. The summed E-state index contributed by atoms with van der Waals surface area (Å²) >= 11 is 3.90. The lowest BCUT2D eigenvalue weighted by Crippen LogP contribution is -2.49. The van der Waals surface area contributed by atoms with Gasteiger partial charge in [-0.3, -0.25) is 19.2 Å². The minimum atomic E-state index is -1.25. The molecular formula is C12H20N4O7S. The summed E-state index contributed by atoms with van der Waals surface area (Å²) in [5, 5.41) is 13.7. The van der Waals surface area contributed by atoms with Crippen LogP contribution in [0.5, 0.6) is 0 Å². The molecule has 0 fully saturated rings. The van der Waals surface area contributed by atoms with Gasteiger partial charge in [0.2, 0.25) is 5.91 Å². The molecule has 2 unspecified atom stereocenters. The quantitative estimate of drug-likeness (QED) is 0.151. The maximum absolute atomic E-state index is 12.1. The van der Waals surface area contributed by atoms with E-state index in [4.69, 9.17) is 10.8 Å². The van der Waals surface area contributed by atoms with Crippen molar-refractivity contribution >= 4 is 36.4 Å². The first-order valence-electron chi connectivity index (χ1n) is 6.95. The predicted molar refractivity (Wildman–Crippen MR) is 84.8 cm³/mol. The van der Waals surface area contributed by atoms with E-state index >= 15 is 0 Å². The van der Waals surface area contributed by atoms with E-state index in [0.717, 1.165) is 0 Å². The van der Waals surface area contributed by atoms with Crippen molar-refractivity contribution in [1.29, 1.82) is 0 Å². The van der Waals surface area contributed by atoms with Crippen molar-refractivity contribution < 1.29 is 29.0 Å². The summed E-state index contributed by atoms with van der Waals surface area (Å²) in [4.78, 5) is 56.4. The fraction of sp³-hybridized carbons (Fsp3) is 0.667. The highest BCUT2D eigenvalue weighted by molar-refractivity contribution is 7.80. The standard InChI is InChI=1S/C12H20N4O7S/c1-2-23-10(18)5-16(15-22)11(19)8(6-24)14-9(17)4-3-7(13)12(20)21/h7-8,24H,2-6,13H2,1H3,(H,14,17)(H,20,21). The van der Waals surface area contributed by atoms with Crippen molar-refractivity contribution in [2.24, 2.45) is 11.0 Å². The largest absolute Gasteiger partial charge is 0.480 e. The molecule has 0 aromatic carbocycles. The van der Waals surface area contributed by atoms with E-state index in [1.165, 1.54) is 0 Å². The van der Waals surface area contributed by atoms with Crippen LogP contribution in [0.2, 0.25) is 0 Å². The van der Waals surface area contributed by atoms with E-state index in [1.54, 1.807) is 6.92 Å². The number of nitrogens with two attached hydrogens (primary N) is 1. The van der Waals surface area contributed by atoms with Gasteiger partial charge in [-0.2, -0.15) is 17.6 Å². The molecule has 0 aliphatic rings. The van der Waals surface area contributed by atoms with Gasteiger partial charge in [-0.1, -0.05) is 0 Å². The van der Waals surface area contributed by atoms with Gasteiger partial charge in [0.05, 0.1) is 11.9 Å². The number of rotatable bonds is 11. The average molecular weight is 364 g/mol. The first-order chi connectivity index (χ1) is 11.3. The number of carbonyl (C=O) groups excluding carboxylic acids is 3. The monoisotopic (exact) mass is 364 g/mol. The van der Waals surface area contributed by atoms with Crippen molar-refractivity contribution in [3.05, 3.63) is 4.91 Å². The molecule has 0 rings (SSSR count). The van der Waals surface area contributed by atoms with Gasteiger partial charge < -0.3 is 20.9 Å². The molecule has 0 saturated carbocycles. The lowest BCUT2D eigenvalue weighted by Gasteiger charge is -2.20. The summed E-state index contributed by atoms with van der Waals surface area (Å²) in [6.07, 6.45) is -0.370. The number of esters is 1. The molecule has 0 radical (unpaired) electrons. The third kappa shape index (κ3) is 7.87. The van der Waals surface area contributed by atoms with E-state index in [9.17, 15) is 24.1 Å². The van der Waals surface area contributed by atoms with Crippen molar-refractivity contribution in [2.45, 2.75) is 31.8 Å². The Morgan fingerprint density at radius 3 is 2.46 bits per heavy atom. The molecule has 0 aromatic heterocycles. The van der Waals surface area contributed by atoms with Gasteiger partial charge >= 0.3 is 11.9 Å². The Hall–Kier alpha value is -2.21. The van der Waals surface area contributed by atoms with E-state index in [1.807, 2.05) is 0 Å². The van der Waals surface area contributed by atoms with E-state index in [0.29, 0.717) is 5.01 Å². The Labute approximate surface area is 143 Å². The Morgan fingerprint density at radius 1 is 1.38 bits per heavy atom. The first kappa shape index (κ1) is 21.8.